The summed E-state index contributed by atoms with van der Waals surface area (Å²) in [6.45, 7) is 3.98. The van der Waals surface area contributed by atoms with E-state index in [1.54, 1.807) is 21.6 Å². The Balaban J connectivity index is 1.64. The fourth-order valence-corrected chi connectivity index (χ4v) is 5.21. The number of amides is 1. The van der Waals surface area contributed by atoms with Gasteiger partial charge in [0.05, 0.1) is 30.5 Å². The molecule has 0 N–H and O–H groups in total. The molecule has 2 aromatic heterocycles. The maximum atomic E-state index is 13.2. The molecule has 0 atom stereocenters. The fraction of sp³-hybridized carbons (Fsp3) is 0.364. The van der Waals surface area contributed by atoms with Crippen molar-refractivity contribution in [2.24, 2.45) is 0 Å². The Morgan fingerprint density at radius 2 is 1.97 bits per heavy atom. The average molecular weight is 446 g/mol. The molecular formula is C22H24FN3O4S. The van der Waals surface area contributed by atoms with Gasteiger partial charge in [-0.05, 0) is 56.5 Å². The monoisotopic (exact) mass is 445 g/mol. The highest BCUT2D eigenvalue weighted by molar-refractivity contribution is 7.90. The minimum atomic E-state index is -3.78. The van der Waals surface area contributed by atoms with E-state index in [0.29, 0.717) is 11.3 Å². The molecule has 1 aromatic carbocycles. The predicted octanol–water partition coefficient (Wildman–Crippen LogP) is 3.97. The standard InChI is InChI=1S/C22H24FN3O4S/c1-15(2)26-19(13-25(18-9-10-18)21(27)20-4-3-11-30-20)12-24-22(26)31(28,29)14-16-5-7-17(23)8-6-16/h3-8,11-12,15,18H,9-10,13-14H2,1-2H3. The van der Waals surface area contributed by atoms with Crippen LogP contribution in [0.1, 0.15) is 54.5 Å². The van der Waals surface area contributed by atoms with Gasteiger partial charge in [-0.15, -0.1) is 0 Å². The first-order valence-corrected chi connectivity index (χ1v) is 11.8. The smallest absolute Gasteiger partial charge is 0.290 e. The lowest BCUT2D eigenvalue weighted by Gasteiger charge is -2.23. The van der Waals surface area contributed by atoms with Gasteiger partial charge in [0, 0.05) is 12.1 Å². The van der Waals surface area contributed by atoms with E-state index >= 15 is 0 Å². The van der Waals surface area contributed by atoms with Crippen LogP contribution in [0, 0.1) is 5.82 Å². The number of nitrogens with zero attached hydrogens (tertiary/aromatic N) is 3. The molecule has 1 saturated carbocycles. The second-order valence-corrected chi connectivity index (χ2v) is 9.91. The minimum Gasteiger partial charge on any atom is -0.459 e. The molecule has 1 fully saturated rings. The highest BCUT2D eigenvalue weighted by Crippen LogP contribution is 2.31. The summed E-state index contributed by atoms with van der Waals surface area (Å²) in [5.74, 6) is -0.673. The summed E-state index contributed by atoms with van der Waals surface area (Å²) in [5, 5.41) is -0.0528. The van der Waals surface area contributed by atoms with Crippen LogP contribution < -0.4 is 0 Å². The highest BCUT2D eigenvalue weighted by Gasteiger charge is 2.35. The van der Waals surface area contributed by atoms with Gasteiger partial charge < -0.3 is 13.9 Å². The van der Waals surface area contributed by atoms with Crippen molar-refractivity contribution in [3.63, 3.8) is 0 Å². The van der Waals surface area contributed by atoms with Crippen LogP contribution in [-0.4, -0.2) is 34.8 Å². The van der Waals surface area contributed by atoms with Crippen molar-refractivity contribution in [2.45, 2.75) is 56.2 Å². The van der Waals surface area contributed by atoms with Gasteiger partial charge in [-0.2, -0.15) is 0 Å². The molecule has 0 radical (unpaired) electrons. The number of hydrogen-bond acceptors (Lipinski definition) is 5. The molecule has 31 heavy (non-hydrogen) atoms. The van der Waals surface area contributed by atoms with Gasteiger partial charge in [-0.25, -0.2) is 17.8 Å². The Kier molecular flexibility index (Phi) is 5.70. The van der Waals surface area contributed by atoms with Gasteiger partial charge in [0.25, 0.3) is 5.91 Å². The number of carbonyl (C=O) groups excluding carboxylic acids is 1. The van der Waals surface area contributed by atoms with Crippen LogP contribution in [0.15, 0.2) is 58.4 Å². The Morgan fingerprint density at radius 1 is 1.26 bits per heavy atom. The van der Waals surface area contributed by atoms with Crippen molar-refractivity contribution in [1.29, 1.82) is 0 Å². The Hall–Kier alpha value is -2.94. The molecule has 0 aliphatic heterocycles. The van der Waals surface area contributed by atoms with Gasteiger partial charge in [-0.1, -0.05) is 12.1 Å². The highest BCUT2D eigenvalue weighted by atomic mass is 32.2. The molecule has 7 nitrogen and oxygen atoms in total. The van der Waals surface area contributed by atoms with E-state index < -0.39 is 15.7 Å². The van der Waals surface area contributed by atoms with Crippen molar-refractivity contribution in [2.75, 3.05) is 0 Å². The van der Waals surface area contributed by atoms with E-state index in [0.717, 1.165) is 12.8 Å². The SMILES string of the molecule is CC(C)n1c(CN(C(=O)c2ccco2)C2CC2)cnc1S(=O)(=O)Cc1ccc(F)cc1. The third-order valence-corrected chi connectivity index (χ3v) is 6.79. The number of rotatable bonds is 8. The van der Waals surface area contributed by atoms with Crippen molar-refractivity contribution in [1.82, 2.24) is 14.5 Å². The Labute approximate surface area is 180 Å². The lowest BCUT2D eigenvalue weighted by Crippen LogP contribution is -2.33. The van der Waals surface area contributed by atoms with Crippen LogP contribution >= 0.6 is 0 Å². The van der Waals surface area contributed by atoms with Crippen LogP contribution in [0.3, 0.4) is 0 Å². The van der Waals surface area contributed by atoms with Gasteiger partial charge in [-0.3, -0.25) is 4.79 Å². The molecule has 1 aliphatic rings. The largest absolute Gasteiger partial charge is 0.459 e. The second-order valence-electron chi connectivity index (χ2n) is 8.02. The third kappa shape index (κ3) is 4.56. The molecule has 0 bridgehead atoms. The van der Waals surface area contributed by atoms with Crippen LogP contribution in [0.4, 0.5) is 4.39 Å². The molecule has 0 saturated heterocycles. The summed E-state index contributed by atoms with van der Waals surface area (Å²) in [6, 6.07) is 8.58. The van der Waals surface area contributed by atoms with E-state index in [-0.39, 0.29) is 41.2 Å². The van der Waals surface area contributed by atoms with Gasteiger partial charge in [0.1, 0.15) is 5.82 Å². The molecule has 2 heterocycles. The molecule has 1 aliphatic carbocycles. The minimum absolute atomic E-state index is 0.0528. The number of carbonyl (C=O) groups is 1. The van der Waals surface area contributed by atoms with Crippen molar-refractivity contribution >= 4 is 15.7 Å². The zero-order chi connectivity index (χ0) is 22.2. The summed E-state index contributed by atoms with van der Waals surface area (Å²) in [4.78, 5) is 18.8. The molecule has 164 valence electrons. The molecular weight excluding hydrogens is 421 g/mol. The molecule has 1 amide bonds. The summed E-state index contributed by atoms with van der Waals surface area (Å²) >= 11 is 0. The number of aromatic nitrogens is 2. The zero-order valence-corrected chi connectivity index (χ0v) is 18.2. The van der Waals surface area contributed by atoms with E-state index in [9.17, 15) is 17.6 Å². The van der Waals surface area contributed by atoms with Gasteiger partial charge in [0.2, 0.25) is 15.0 Å². The second kappa shape index (κ2) is 8.30. The summed E-state index contributed by atoms with van der Waals surface area (Å²) in [5.41, 5.74) is 1.12. The first-order chi connectivity index (χ1) is 14.8. The number of furan rings is 1. The molecule has 0 spiro atoms. The Morgan fingerprint density at radius 3 is 2.55 bits per heavy atom. The number of sulfone groups is 1. The summed E-state index contributed by atoms with van der Waals surface area (Å²) < 4.78 is 46.3. The van der Waals surface area contributed by atoms with Gasteiger partial charge >= 0.3 is 0 Å². The van der Waals surface area contributed by atoms with E-state index in [1.165, 1.54) is 36.7 Å². The summed E-state index contributed by atoms with van der Waals surface area (Å²) in [7, 11) is -3.78. The van der Waals surface area contributed by atoms with Crippen LogP contribution in [0.25, 0.3) is 0 Å². The van der Waals surface area contributed by atoms with Crippen molar-refractivity contribution in [3.8, 4) is 0 Å². The first kappa shape index (κ1) is 21.3. The lowest BCUT2D eigenvalue weighted by molar-refractivity contribution is 0.0692. The number of imidazole rings is 1. The van der Waals surface area contributed by atoms with Crippen LogP contribution in [0.2, 0.25) is 0 Å². The first-order valence-electron chi connectivity index (χ1n) is 10.1. The van der Waals surface area contributed by atoms with E-state index in [4.69, 9.17) is 4.42 Å². The lowest BCUT2D eigenvalue weighted by atomic mass is 10.2. The topological polar surface area (TPSA) is 85.4 Å². The van der Waals surface area contributed by atoms with E-state index in [2.05, 4.69) is 4.98 Å². The molecule has 3 aromatic rings. The normalized spacial score (nSPS) is 14.2. The van der Waals surface area contributed by atoms with E-state index in [1.807, 2.05) is 13.8 Å². The van der Waals surface area contributed by atoms with Crippen molar-refractivity contribution < 1.29 is 22.0 Å². The maximum Gasteiger partial charge on any atom is 0.290 e. The third-order valence-electron chi connectivity index (χ3n) is 5.22. The van der Waals surface area contributed by atoms with Crippen molar-refractivity contribution in [3.05, 3.63) is 71.7 Å². The van der Waals surface area contributed by atoms with Crippen LogP contribution in [0.5, 0.6) is 0 Å². The fourth-order valence-electron chi connectivity index (χ4n) is 3.61. The van der Waals surface area contributed by atoms with Crippen LogP contribution in [-0.2, 0) is 22.1 Å². The number of hydrogen-bond donors (Lipinski definition) is 0. The molecule has 9 heteroatoms. The predicted molar refractivity (Wildman–Crippen MR) is 112 cm³/mol. The molecule has 0 unspecified atom stereocenters. The average Bonchev–Trinajstić information content (AvgIpc) is 3.23. The number of halogens is 1. The van der Waals surface area contributed by atoms with Gasteiger partial charge in [0.15, 0.2) is 5.76 Å². The summed E-state index contributed by atoms with van der Waals surface area (Å²) in [6.07, 6.45) is 4.77. The Bertz CT molecular complexity index is 1160. The molecule has 4 rings (SSSR count). The number of benzene rings is 1. The zero-order valence-electron chi connectivity index (χ0n) is 17.4. The quantitative estimate of drug-likeness (QED) is 0.524. The maximum absolute atomic E-state index is 13.2.